The molecule has 5 heterocycles. The zero-order valence-electron chi connectivity index (χ0n) is 65.8. The van der Waals surface area contributed by atoms with Gasteiger partial charge in [-0.15, -0.1) is 0 Å². The summed E-state index contributed by atoms with van der Waals surface area (Å²) in [5, 5.41) is 12.8. The predicted octanol–water partition coefficient (Wildman–Crippen LogP) is 10.5. The zero-order valence-corrected chi connectivity index (χ0v) is 66.7. The fourth-order valence-electron chi connectivity index (χ4n) is 13.8. The van der Waals surface area contributed by atoms with Crippen molar-refractivity contribution in [2.75, 3.05) is 52.0 Å². The Kier molecular flexibility index (Phi) is 28.3. The summed E-state index contributed by atoms with van der Waals surface area (Å²) in [6.07, 6.45) is -12.8. The molecule has 28 nitrogen and oxygen atoms in total. The lowest BCUT2D eigenvalue weighted by Gasteiger charge is -2.47. The van der Waals surface area contributed by atoms with Crippen LogP contribution in [0.2, 0.25) is 0 Å². The number of anilines is 1. The molecule has 634 valence electrons. The molecule has 0 radical (unpaired) electrons. The molecule has 7 N–H and O–H groups in total. The van der Waals surface area contributed by atoms with E-state index in [9.17, 15) is 47.1 Å². The van der Waals surface area contributed by atoms with Gasteiger partial charge in [0.25, 0.3) is 5.91 Å². The van der Waals surface area contributed by atoms with Crippen LogP contribution in [-0.4, -0.2) is 189 Å². The smallest absolute Gasteiger partial charge is 0.459 e. The summed E-state index contributed by atoms with van der Waals surface area (Å²) < 4.78 is 198. The number of nitrogens with one attached hydrogen (secondary N) is 5. The molecule has 3 saturated heterocycles. The first kappa shape index (κ1) is 90.5. The molecule has 5 amide bonds. The number of methoxy groups -OCH3 is 2. The van der Waals surface area contributed by atoms with E-state index in [1.165, 1.54) is 81.7 Å². The molecule has 2 aromatic heterocycles. The number of phosphoric acid groups is 1. The molecule has 2 bridgehead atoms. The fourth-order valence-corrected chi connectivity index (χ4v) is 14.2. The number of esters is 2. The number of aryl methyl sites for hydroxylation is 1. The molecular formula is C78H91F10N12O16P. The number of ether oxygens (including phenoxy) is 5. The second-order valence-electron chi connectivity index (χ2n) is 31.4. The van der Waals surface area contributed by atoms with Gasteiger partial charge in [0.2, 0.25) is 17.8 Å². The Balaban J connectivity index is 1.16. The maximum atomic E-state index is 17.0. The molecule has 6 atom stereocenters. The zero-order chi connectivity index (χ0) is 86.2. The van der Waals surface area contributed by atoms with E-state index < -0.39 is 181 Å². The van der Waals surface area contributed by atoms with Gasteiger partial charge in [-0.05, 0) is 145 Å². The maximum absolute atomic E-state index is 17.0. The number of rotatable bonds is 30. The molecule has 9 rings (SSSR count). The number of aromatic nitrogens is 4. The fraction of sp³-hybridized carbons (Fsp3) is 0.487. The van der Waals surface area contributed by atoms with Gasteiger partial charge in [-0.1, -0.05) is 56.0 Å². The quantitative estimate of drug-likeness (QED) is 0.00550. The minimum Gasteiger partial charge on any atom is -0.459 e. The number of alkyl carbamates (subject to hydrolysis) is 2. The molecular weight excluding hydrogens is 1580 g/mol. The molecule has 117 heavy (non-hydrogen) atoms. The molecule has 39 heteroatoms. The average molecular weight is 1670 g/mol. The van der Waals surface area contributed by atoms with Gasteiger partial charge in [0, 0.05) is 84.5 Å². The van der Waals surface area contributed by atoms with Gasteiger partial charge in [-0.2, -0.15) is 40.2 Å². The molecule has 3 fully saturated rings. The van der Waals surface area contributed by atoms with Gasteiger partial charge < -0.3 is 54.4 Å². The van der Waals surface area contributed by atoms with Crippen LogP contribution in [0.5, 0.6) is 5.75 Å². The first-order valence-electron chi connectivity index (χ1n) is 36.7. The second kappa shape index (κ2) is 36.6. The Morgan fingerprint density at radius 2 is 1.31 bits per heavy atom. The van der Waals surface area contributed by atoms with Crippen molar-refractivity contribution < 1.29 is 120 Å². The Labute approximate surface area is 667 Å². The van der Waals surface area contributed by atoms with Gasteiger partial charge in [0.15, 0.2) is 0 Å². The number of amides is 5. The van der Waals surface area contributed by atoms with E-state index in [0.29, 0.717) is 112 Å². The number of phosphoric ester groups is 1. The summed E-state index contributed by atoms with van der Waals surface area (Å²) in [6, 6.07) is 9.94. The van der Waals surface area contributed by atoms with Crippen LogP contribution in [0.4, 0.5) is 59.4 Å². The van der Waals surface area contributed by atoms with Crippen LogP contribution in [-0.2, 0) is 78.8 Å². The standard InChI is InChI=1S/C78H91F10N12O16P/c1-43-26-50(32-61(101)89-34-46-14-13-15-48(28-46)68(105)115-73(2,3)4)63(59(27-43)116-117(108,109)110)74(5,6)33-62(102)114-60(40-98(96-67(104)65(94-72(107)112-12)76(9,10)78(86,87)88)39-54-55(79)30-49(31-56(54)80)57-24-25-99(95-57)69(81)82)58(92-66(103)64(93-71(106)111-11)75(7,8)77(83,84)85)29-45-19-16-44(17-20-45)18-21-47-35-90-70(91-36-47)97-37-51-22-23-52(38-97)100(51)53-41-113-42-53/h13-17,19-20,24-28,30-31,35-36,51-53,58,60,64-65,69H,22-23,29,32-34,37-42H2,1-12H3,(H,89,101)(H,92,103)(H,93,106)(H,94,107)(H,96,104)(H2,108,109,110)/t51?,52?,58-,60-,64+,65+/m0/s1. The van der Waals surface area contributed by atoms with Crippen LogP contribution in [0, 0.1) is 41.2 Å². The predicted molar refractivity (Wildman–Crippen MR) is 400 cm³/mol. The highest BCUT2D eigenvalue weighted by Crippen LogP contribution is 2.47. The topological polar surface area (TPSA) is 346 Å². The summed E-state index contributed by atoms with van der Waals surface area (Å²) in [5.41, 5.74) is -7.91. The van der Waals surface area contributed by atoms with Gasteiger partial charge in [-0.25, -0.2) is 47.4 Å². The lowest BCUT2D eigenvalue weighted by Crippen LogP contribution is -2.64. The number of alkyl halides is 8. The summed E-state index contributed by atoms with van der Waals surface area (Å²) in [4.78, 5) is 133. The minimum atomic E-state index is -5.59. The van der Waals surface area contributed by atoms with Crippen molar-refractivity contribution >= 4 is 55.6 Å². The largest absolute Gasteiger partial charge is 0.524 e. The van der Waals surface area contributed by atoms with E-state index in [2.05, 4.69) is 62.2 Å². The van der Waals surface area contributed by atoms with E-state index in [0.717, 1.165) is 45.4 Å². The Morgan fingerprint density at radius 3 is 1.84 bits per heavy atom. The molecule has 0 aliphatic carbocycles. The molecule has 4 aromatic carbocycles. The van der Waals surface area contributed by atoms with E-state index in [1.54, 1.807) is 32.2 Å². The summed E-state index contributed by atoms with van der Waals surface area (Å²) >= 11 is 0. The lowest BCUT2D eigenvalue weighted by molar-refractivity contribution is -0.221. The van der Waals surface area contributed by atoms with Gasteiger partial charge in [0.1, 0.15) is 41.2 Å². The first-order chi connectivity index (χ1) is 54.5. The number of fused-ring (bicyclic) bond motifs is 2. The van der Waals surface area contributed by atoms with Gasteiger partial charge in [-0.3, -0.25) is 39.3 Å². The number of carbonyl (C=O) groups excluding carboxylic acids is 7. The van der Waals surface area contributed by atoms with Crippen LogP contribution in [0.3, 0.4) is 0 Å². The van der Waals surface area contributed by atoms with Crippen LogP contribution in [0.25, 0.3) is 11.3 Å². The molecule has 0 saturated carbocycles. The highest BCUT2D eigenvalue weighted by atomic mass is 31.2. The van der Waals surface area contributed by atoms with Crippen molar-refractivity contribution in [2.45, 2.75) is 187 Å². The molecule has 2 unspecified atom stereocenters. The number of piperazine rings is 1. The minimum absolute atomic E-state index is 0.0384. The maximum Gasteiger partial charge on any atom is 0.524 e. The van der Waals surface area contributed by atoms with E-state index in [-0.39, 0.29) is 39.0 Å². The Hall–Kier alpha value is -10.5. The Morgan fingerprint density at radius 1 is 0.726 bits per heavy atom. The van der Waals surface area contributed by atoms with E-state index in [1.807, 2.05) is 5.32 Å². The van der Waals surface area contributed by atoms with Gasteiger partial charge in [0.05, 0.1) is 86.6 Å². The molecule has 3 aliphatic rings. The van der Waals surface area contributed by atoms with E-state index >= 15 is 44.7 Å². The number of hydrogen-bond donors (Lipinski definition) is 7. The van der Waals surface area contributed by atoms with Crippen molar-refractivity contribution in [1.82, 2.24) is 56.4 Å². The first-order valence-corrected chi connectivity index (χ1v) is 38.3. The monoisotopic (exact) mass is 1670 g/mol. The van der Waals surface area contributed by atoms with Crippen LogP contribution < -0.4 is 36.1 Å². The second-order valence-corrected chi connectivity index (χ2v) is 32.6. The van der Waals surface area contributed by atoms with Crippen LogP contribution >= 0.6 is 7.82 Å². The van der Waals surface area contributed by atoms with Crippen LogP contribution in [0.15, 0.2) is 97.5 Å². The third-order valence-corrected chi connectivity index (χ3v) is 20.6. The number of nitrogens with zero attached hydrogens (tertiary/aromatic N) is 7. The number of benzene rings is 4. The Bertz CT molecular complexity index is 4700. The number of hydrazine groups is 1. The summed E-state index contributed by atoms with van der Waals surface area (Å²) in [5.74, 6) is -3.69. The van der Waals surface area contributed by atoms with Crippen LogP contribution in [0.1, 0.15) is 143 Å². The van der Waals surface area contributed by atoms with Crippen molar-refractivity contribution in [3.63, 3.8) is 0 Å². The number of hydrogen-bond acceptors (Lipinski definition) is 20. The number of halogens is 10. The average Bonchev–Trinajstić information content (AvgIpc) is 1.42. The highest BCUT2D eigenvalue weighted by Gasteiger charge is 2.58. The molecule has 0 spiro atoms. The lowest BCUT2D eigenvalue weighted by atomic mass is 9.77. The molecule has 6 aromatic rings. The van der Waals surface area contributed by atoms with Crippen molar-refractivity contribution in [2.24, 2.45) is 10.8 Å². The number of carbonyl (C=O) groups is 7. The van der Waals surface area contributed by atoms with Crippen molar-refractivity contribution in [1.29, 1.82) is 0 Å². The van der Waals surface area contributed by atoms with Crippen molar-refractivity contribution in [3.8, 4) is 28.8 Å². The highest BCUT2D eigenvalue weighted by molar-refractivity contribution is 7.46. The van der Waals surface area contributed by atoms with Crippen molar-refractivity contribution in [3.05, 3.63) is 159 Å². The SMILES string of the molecule is COC(=O)N[C@H](C(=O)N[C@@H](Cc1ccc(C#Cc2cnc(N3CC4CCC(C3)N4C3COC3)nc2)cc1)[C@H](CN(Cc1c(F)cc(-c2ccn(C(F)F)n2)cc1F)NC(=O)[C@@H](NC(=O)OC)C(C)(C)C(F)(F)F)OC(=O)CC(C)(C)c1c(CC(=O)NCc2cccc(C(=O)OC(C)(C)C)c2)cc(C)cc1OP(=O)(O)O)C(C)(C)C(F)(F)F. The van der Waals surface area contributed by atoms with E-state index in [4.69, 9.17) is 18.7 Å². The third kappa shape index (κ3) is 23.3. The molecule has 3 aliphatic heterocycles. The summed E-state index contributed by atoms with van der Waals surface area (Å²) in [7, 11) is -4.09. The normalized spacial score (nSPS) is 16.6. The summed E-state index contributed by atoms with van der Waals surface area (Å²) in [6.45, 7) is 7.71. The van der Waals surface area contributed by atoms with Gasteiger partial charge >= 0.3 is 50.8 Å². The third-order valence-electron chi connectivity index (χ3n) is 20.1.